The van der Waals surface area contributed by atoms with Crippen molar-refractivity contribution in [1.29, 1.82) is 0 Å². The smallest absolute Gasteiger partial charge is 0.289 e. The van der Waals surface area contributed by atoms with Gasteiger partial charge in [0.15, 0.2) is 10.9 Å². The van der Waals surface area contributed by atoms with Gasteiger partial charge in [-0.3, -0.25) is 4.79 Å². The molecule has 0 aliphatic carbocycles. The zero-order chi connectivity index (χ0) is 15.6. The number of thiophene rings is 1. The van der Waals surface area contributed by atoms with Gasteiger partial charge < -0.3 is 14.2 Å². The lowest BCUT2D eigenvalue weighted by atomic mass is 10.3. The molecular formula is C16H15N3O2S2. The summed E-state index contributed by atoms with van der Waals surface area (Å²) in [5.74, 6) is 0.375. The van der Waals surface area contributed by atoms with Crippen LogP contribution in [0.2, 0.25) is 0 Å². The lowest BCUT2D eigenvalue weighted by Gasteiger charge is -2.34. The van der Waals surface area contributed by atoms with Crippen molar-refractivity contribution in [1.82, 2.24) is 9.88 Å². The standard InChI is InChI=1S/C16H15N3O2S2/c20-15(14-2-1-8-21-14)18-4-6-19(7-5-18)16-17-13(11-23-16)12-3-9-22-10-12/h1-3,8-11H,4-7H2. The summed E-state index contributed by atoms with van der Waals surface area (Å²) in [7, 11) is 0. The Morgan fingerprint density at radius 3 is 2.74 bits per heavy atom. The molecule has 1 aliphatic rings. The lowest BCUT2D eigenvalue weighted by molar-refractivity contribution is 0.0714. The van der Waals surface area contributed by atoms with Crippen LogP contribution in [0.4, 0.5) is 5.13 Å². The minimum Gasteiger partial charge on any atom is -0.459 e. The molecule has 1 aliphatic heterocycles. The highest BCUT2D eigenvalue weighted by molar-refractivity contribution is 7.14. The monoisotopic (exact) mass is 345 g/mol. The average Bonchev–Trinajstić information content (AvgIpc) is 3.36. The van der Waals surface area contributed by atoms with Gasteiger partial charge in [-0.15, -0.1) is 11.3 Å². The van der Waals surface area contributed by atoms with Gasteiger partial charge in [-0.1, -0.05) is 0 Å². The summed E-state index contributed by atoms with van der Waals surface area (Å²) in [6, 6.07) is 5.54. The number of thiazole rings is 1. The van der Waals surface area contributed by atoms with E-state index < -0.39 is 0 Å². The minimum atomic E-state index is -0.0345. The van der Waals surface area contributed by atoms with E-state index in [1.165, 1.54) is 11.8 Å². The number of furan rings is 1. The summed E-state index contributed by atoms with van der Waals surface area (Å²) < 4.78 is 5.19. The van der Waals surface area contributed by atoms with Crippen LogP contribution >= 0.6 is 22.7 Å². The van der Waals surface area contributed by atoms with Crippen LogP contribution in [0, 0.1) is 0 Å². The number of piperazine rings is 1. The minimum absolute atomic E-state index is 0.0345. The fourth-order valence-electron chi connectivity index (χ4n) is 2.61. The van der Waals surface area contributed by atoms with E-state index in [0.717, 1.165) is 23.9 Å². The predicted molar refractivity (Wildman–Crippen MR) is 92.3 cm³/mol. The first-order chi connectivity index (χ1) is 11.3. The second kappa shape index (κ2) is 6.17. The Morgan fingerprint density at radius 2 is 2.04 bits per heavy atom. The van der Waals surface area contributed by atoms with Gasteiger partial charge in [-0.2, -0.15) is 11.3 Å². The van der Waals surface area contributed by atoms with Crippen molar-refractivity contribution >= 4 is 33.7 Å². The second-order valence-electron chi connectivity index (χ2n) is 5.28. The normalized spacial score (nSPS) is 15.1. The topological polar surface area (TPSA) is 49.6 Å². The molecule has 1 saturated heterocycles. The molecule has 0 radical (unpaired) electrons. The van der Waals surface area contributed by atoms with Gasteiger partial charge in [0.2, 0.25) is 0 Å². The maximum atomic E-state index is 12.3. The molecule has 0 spiro atoms. The molecule has 4 rings (SSSR count). The zero-order valence-electron chi connectivity index (χ0n) is 12.3. The maximum absolute atomic E-state index is 12.3. The molecule has 7 heteroatoms. The second-order valence-corrected chi connectivity index (χ2v) is 6.90. The SMILES string of the molecule is O=C(c1ccco1)N1CCN(c2nc(-c3ccsc3)cs2)CC1. The Balaban J connectivity index is 1.41. The van der Waals surface area contributed by atoms with Gasteiger partial charge >= 0.3 is 0 Å². The van der Waals surface area contributed by atoms with Crippen LogP contribution in [0.3, 0.4) is 0 Å². The quantitative estimate of drug-likeness (QED) is 0.730. The van der Waals surface area contributed by atoms with Crippen molar-refractivity contribution in [2.24, 2.45) is 0 Å². The van der Waals surface area contributed by atoms with Gasteiger partial charge in [-0.25, -0.2) is 4.98 Å². The van der Waals surface area contributed by atoms with E-state index in [4.69, 9.17) is 9.40 Å². The molecule has 4 heterocycles. The van der Waals surface area contributed by atoms with Crippen LogP contribution < -0.4 is 4.90 Å². The Hall–Kier alpha value is -2.12. The number of aromatic nitrogens is 1. The van der Waals surface area contributed by atoms with Crippen molar-refractivity contribution in [2.75, 3.05) is 31.1 Å². The van der Waals surface area contributed by atoms with Gasteiger partial charge in [0, 0.05) is 42.5 Å². The number of anilines is 1. The summed E-state index contributed by atoms with van der Waals surface area (Å²) in [5.41, 5.74) is 2.20. The molecule has 1 amide bonds. The summed E-state index contributed by atoms with van der Waals surface area (Å²) in [5, 5.41) is 7.29. The van der Waals surface area contributed by atoms with Gasteiger partial charge in [0.25, 0.3) is 5.91 Å². The molecule has 0 bridgehead atoms. The Kier molecular flexibility index (Phi) is 3.88. The average molecular weight is 345 g/mol. The molecule has 5 nitrogen and oxygen atoms in total. The number of hydrogen-bond donors (Lipinski definition) is 0. The van der Waals surface area contributed by atoms with E-state index in [2.05, 4.69) is 27.1 Å². The Morgan fingerprint density at radius 1 is 1.17 bits per heavy atom. The van der Waals surface area contributed by atoms with Gasteiger partial charge in [-0.05, 0) is 23.6 Å². The first-order valence-corrected chi connectivity index (χ1v) is 9.19. The highest BCUT2D eigenvalue weighted by Gasteiger charge is 2.25. The Bertz CT molecular complexity index is 772. The molecule has 23 heavy (non-hydrogen) atoms. The van der Waals surface area contributed by atoms with E-state index in [0.29, 0.717) is 18.8 Å². The van der Waals surface area contributed by atoms with Crippen molar-refractivity contribution in [2.45, 2.75) is 0 Å². The molecular weight excluding hydrogens is 330 g/mol. The van der Waals surface area contributed by atoms with E-state index in [-0.39, 0.29) is 5.91 Å². The van der Waals surface area contributed by atoms with E-state index in [9.17, 15) is 4.79 Å². The maximum Gasteiger partial charge on any atom is 0.289 e. The van der Waals surface area contributed by atoms with E-state index in [1.54, 1.807) is 34.8 Å². The Labute approximate surface area is 141 Å². The largest absolute Gasteiger partial charge is 0.459 e. The first-order valence-electron chi connectivity index (χ1n) is 7.37. The van der Waals surface area contributed by atoms with Crippen LogP contribution in [-0.4, -0.2) is 42.0 Å². The molecule has 0 unspecified atom stereocenters. The highest BCUT2D eigenvalue weighted by Crippen LogP contribution is 2.29. The molecule has 1 fully saturated rings. The summed E-state index contributed by atoms with van der Waals surface area (Å²) in [6.07, 6.45) is 1.53. The fourth-order valence-corrected chi connectivity index (χ4v) is 4.15. The number of hydrogen-bond acceptors (Lipinski definition) is 6. The van der Waals surface area contributed by atoms with Gasteiger partial charge in [0.05, 0.1) is 12.0 Å². The number of rotatable bonds is 3. The predicted octanol–water partition coefficient (Wildman–Crippen LogP) is 3.43. The molecule has 0 aromatic carbocycles. The summed E-state index contributed by atoms with van der Waals surface area (Å²) in [4.78, 5) is 21.1. The first kappa shape index (κ1) is 14.5. The van der Waals surface area contributed by atoms with E-state index >= 15 is 0 Å². The highest BCUT2D eigenvalue weighted by atomic mass is 32.1. The molecule has 0 N–H and O–H groups in total. The van der Waals surface area contributed by atoms with Crippen molar-refractivity contribution in [3.05, 3.63) is 46.4 Å². The van der Waals surface area contributed by atoms with Crippen molar-refractivity contribution in [3.63, 3.8) is 0 Å². The molecule has 3 aromatic rings. The number of amides is 1. The van der Waals surface area contributed by atoms with Crippen molar-refractivity contribution < 1.29 is 9.21 Å². The van der Waals surface area contributed by atoms with Crippen LogP contribution in [0.5, 0.6) is 0 Å². The van der Waals surface area contributed by atoms with E-state index in [1.807, 2.05) is 4.90 Å². The number of nitrogens with zero attached hydrogens (tertiary/aromatic N) is 3. The van der Waals surface area contributed by atoms with Gasteiger partial charge in [0.1, 0.15) is 0 Å². The van der Waals surface area contributed by atoms with Crippen LogP contribution in [0.15, 0.2) is 45.0 Å². The summed E-state index contributed by atoms with van der Waals surface area (Å²) in [6.45, 7) is 2.96. The molecule has 3 aromatic heterocycles. The van der Waals surface area contributed by atoms with Crippen LogP contribution in [-0.2, 0) is 0 Å². The third-order valence-electron chi connectivity index (χ3n) is 3.88. The molecule has 0 atom stereocenters. The van der Waals surface area contributed by atoms with Crippen molar-refractivity contribution in [3.8, 4) is 11.3 Å². The van der Waals surface area contributed by atoms with Crippen LogP contribution in [0.25, 0.3) is 11.3 Å². The third-order valence-corrected chi connectivity index (χ3v) is 5.46. The third kappa shape index (κ3) is 2.89. The number of carbonyl (C=O) groups excluding carboxylic acids is 1. The molecule has 0 saturated carbocycles. The zero-order valence-corrected chi connectivity index (χ0v) is 14.0. The lowest BCUT2D eigenvalue weighted by Crippen LogP contribution is -2.48. The number of carbonyl (C=O) groups is 1. The summed E-state index contributed by atoms with van der Waals surface area (Å²) >= 11 is 3.34. The van der Waals surface area contributed by atoms with Crippen LogP contribution in [0.1, 0.15) is 10.6 Å². The molecule has 118 valence electrons. The fraction of sp³-hybridized carbons (Fsp3) is 0.250.